The number of rotatable bonds is 5. The lowest BCUT2D eigenvalue weighted by atomic mass is 10.1. The molecule has 0 atom stereocenters. The Morgan fingerprint density at radius 2 is 1.91 bits per heavy atom. The van der Waals surface area contributed by atoms with E-state index in [1.807, 2.05) is 29.9 Å². The summed E-state index contributed by atoms with van der Waals surface area (Å²) in [7, 11) is 0. The summed E-state index contributed by atoms with van der Waals surface area (Å²) in [5, 5.41) is 4.78. The van der Waals surface area contributed by atoms with Crippen molar-refractivity contribution in [1.29, 1.82) is 0 Å². The van der Waals surface area contributed by atoms with Crippen LogP contribution in [0, 0.1) is 6.92 Å². The Morgan fingerprint density at radius 3 is 2.65 bits per heavy atom. The van der Waals surface area contributed by atoms with Gasteiger partial charge in [-0.15, -0.1) is 0 Å². The maximum atomic E-state index is 4.82. The Kier molecular flexibility index (Phi) is 3.66. The van der Waals surface area contributed by atoms with E-state index in [0.717, 1.165) is 35.9 Å². The van der Waals surface area contributed by atoms with E-state index in [0.29, 0.717) is 5.92 Å². The van der Waals surface area contributed by atoms with Gasteiger partial charge in [0.05, 0.1) is 5.69 Å². The number of hydrogen-bond acceptors (Lipinski definition) is 3. The Balaban J connectivity index is 1.60. The number of benzene rings is 1. The highest BCUT2D eigenvalue weighted by Gasteiger charge is 2.30. The van der Waals surface area contributed by atoms with Crippen LogP contribution >= 0.6 is 0 Å². The second kappa shape index (κ2) is 5.95. The fraction of sp³-hybridized carbons (Fsp3) is 0.316. The van der Waals surface area contributed by atoms with E-state index in [1.165, 1.54) is 18.4 Å². The van der Waals surface area contributed by atoms with Crippen molar-refractivity contribution >= 4 is 0 Å². The van der Waals surface area contributed by atoms with Crippen molar-refractivity contribution in [3.63, 3.8) is 0 Å². The van der Waals surface area contributed by atoms with Crippen LogP contribution in [0.5, 0.6) is 0 Å². The molecule has 4 nitrogen and oxygen atoms in total. The Bertz CT molecular complexity index is 803. The quantitative estimate of drug-likeness (QED) is 0.723. The minimum absolute atomic E-state index is 0.571. The second-order valence-corrected chi connectivity index (χ2v) is 6.21. The number of aromatic nitrogens is 4. The molecule has 4 heteroatoms. The van der Waals surface area contributed by atoms with Crippen molar-refractivity contribution in [2.24, 2.45) is 0 Å². The number of hydrogen-bond donors (Lipinski definition) is 0. The van der Waals surface area contributed by atoms with Gasteiger partial charge in [0.2, 0.25) is 0 Å². The third kappa shape index (κ3) is 3.16. The van der Waals surface area contributed by atoms with Gasteiger partial charge in [-0.3, -0.25) is 4.98 Å². The average Bonchev–Trinajstić information content (AvgIpc) is 3.33. The highest BCUT2D eigenvalue weighted by molar-refractivity contribution is 5.33. The van der Waals surface area contributed by atoms with E-state index < -0.39 is 0 Å². The minimum Gasteiger partial charge on any atom is -0.261 e. The van der Waals surface area contributed by atoms with Gasteiger partial charge in [-0.1, -0.05) is 30.3 Å². The van der Waals surface area contributed by atoms with Crippen molar-refractivity contribution in [2.75, 3.05) is 0 Å². The second-order valence-electron chi connectivity index (χ2n) is 6.21. The van der Waals surface area contributed by atoms with E-state index in [2.05, 4.69) is 35.3 Å². The van der Waals surface area contributed by atoms with E-state index in [9.17, 15) is 0 Å². The van der Waals surface area contributed by atoms with Gasteiger partial charge in [0.15, 0.2) is 5.82 Å². The molecule has 3 aromatic rings. The molecule has 0 unspecified atom stereocenters. The molecule has 2 heterocycles. The molecule has 1 aliphatic rings. The first-order valence-electron chi connectivity index (χ1n) is 8.22. The normalized spacial score (nSPS) is 14.1. The van der Waals surface area contributed by atoms with Crippen molar-refractivity contribution in [2.45, 2.75) is 38.5 Å². The van der Waals surface area contributed by atoms with E-state index in [1.54, 1.807) is 0 Å². The molecule has 23 heavy (non-hydrogen) atoms. The summed E-state index contributed by atoms with van der Waals surface area (Å²) in [6.07, 6.45) is 6.14. The maximum absolute atomic E-state index is 4.82. The molecular weight excluding hydrogens is 284 g/mol. The van der Waals surface area contributed by atoms with Gasteiger partial charge < -0.3 is 0 Å². The zero-order valence-corrected chi connectivity index (χ0v) is 13.3. The first kappa shape index (κ1) is 14.1. The molecule has 0 radical (unpaired) electrons. The number of aryl methyl sites for hydroxylation is 3. The third-order valence-electron chi connectivity index (χ3n) is 4.22. The Hall–Kier alpha value is -2.49. The van der Waals surface area contributed by atoms with Crippen LogP contribution in [0.15, 0.2) is 48.7 Å². The highest BCUT2D eigenvalue weighted by Crippen LogP contribution is 2.39. The third-order valence-corrected chi connectivity index (χ3v) is 4.22. The molecule has 1 saturated carbocycles. The molecule has 1 fully saturated rings. The topological polar surface area (TPSA) is 43.6 Å². The average molecular weight is 304 g/mol. The fourth-order valence-corrected chi connectivity index (χ4v) is 2.83. The summed E-state index contributed by atoms with van der Waals surface area (Å²) in [4.78, 5) is 9.10. The molecule has 0 aliphatic heterocycles. The monoisotopic (exact) mass is 304 g/mol. The van der Waals surface area contributed by atoms with Gasteiger partial charge in [-0.2, -0.15) is 5.10 Å². The van der Waals surface area contributed by atoms with Crippen molar-refractivity contribution < 1.29 is 0 Å². The van der Waals surface area contributed by atoms with Gasteiger partial charge >= 0.3 is 0 Å². The molecule has 0 amide bonds. The minimum atomic E-state index is 0.571. The SMILES string of the molecule is Cc1cc(-n2nc(CCc3ccccc3)nc2C2CC2)ccn1. The molecule has 0 N–H and O–H groups in total. The molecule has 116 valence electrons. The number of pyridine rings is 1. The Labute approximate surface area is 136 Å². The first-order valence-corrected chi connectivity index (χ1v) is 8.22. The molecule has 1 aromatic carbocycles. The summed E-state index contributed by atoms with van der Waals surface area (Å²) < 4.78 is 2.02. The maximum Gasteiger partial charge on any atom is 0.151 e. The lowest BCUT2D eigenvalue weighted by Crippen LogP contribution is -2.03. The van der Waals surface area contributed by atoms with Crippen LogP contribution in [0.1, 0.15) is 41.7 Å². The largest absolute Gasteiger partial charge is 0.261 e. The van der Waals surface area contributed by atoms with Gasteiger partial charge in [0.25, 0.3) is 0 Å². The molecular formula is C19H20N4. The molecule has 2 aromatic heterocycles. The van der Waals surface area contributed by atoms with Crippen molar-refractivity contribution in [3.05, 3.63) is 71.6 Å². The van der Waals surface area contributed by atoms with Gasteiger partial charge in [0, 0.05) is 24.2 Å². The summed E-state index contributed by atoms with van der Waals surface area (Å²) in [5.74, 6) is 2.62. The first-order chi connectivity index (χ1) is 11.3. The molecule has 0 saturated heterocycles. The van der Waals surface area contributed by atoms with E-state index in [-0.39, 0.29) is 0 Å². The van der Waals surface area contributed by atoms with Crippen LogP contribution in [-0.2, 0) is 12.8 Å². The van der Waals surface area contributed by atoms with E-state index in [4.69, 9.17) is 10.1 Å². The lowest BCUT2D eigenvalue weighted by Gasteiger charge is -2.05. The smallest absolute Gasteiger partial charge is 0.151 e. The van der Waals surface area contributed by atoms with Gasteiger partial charge in [-0.05, 0) is 43.9 Å². The predicted molar refractivity (Wildman–Crippen MR) is 89.7 cm³/mol. The van der Waals surface area contributed by atoms with Crippen LogP contribution in [0.2, 0.25) is 0 Å². The summed E-state index contributed by atoms with van der Waals surface area (Å²) >= 11 is 0. The van der Waals surface area contributed by atoms with Crippen molar-refractivity contribution in [3.8, 4) is 5.69 Å². The summed E-state index contributed by atoms with van der Waals surface area (Å²) in [5.41, 5.74) is 3.40. The van der Waals surface area contributed by atoms with Crippen LogP contribution in [0.25, 0.3) is 5.69 Å². The zero-order valence-electron chi connectivity index (χ0n) is 13.3. The molecule has 0 bridgehead atoms. The zero-order chi connectivity index (χ0) is 15.6. The standard InChI is InChI=1S/C19H20N4/c1-14-13-17(11-12-20-14)23-19(16-8-9-16)21-18(22-23)10-7-15-5-3-2-4-6-15/h2-6,11-13,16H,7-10H2,1H3. The fourth-order valence-electron chi connectivity index (χ4n) is 2.83. The summed E-state index contributed by atoms with van der Waals surface area (Å²) in [6, 6.07) is 14.6. The van der Waals surface area contributed by atoms with Gasteiger partial charge in [-0.25, -0.2) is 9.67 Å². The highest BCUT2D eigenvalue weighted by atomic mass is 15.4. The van der Waals surface area contributed by atoms with Crippen LogP contribution in [-0.4, -0.2) is 19.7 Å². The van der Waals surface area contributed by atoms with Crippen LogP contribution in [0.4, 0.5) is 0 Å². The lowest BCUT2D eigenvalue weighted by molar-refractivity contribution is 0.775. The Morgan fingerprint density at radius 1 is 1.09 bits per heavy atom. The molecule has 4 rings (SSSR count). The molecule has 0 spiro atoms. The molecule has 1 aliphatic carbocycles. The van der Waals surface area contributed by atoms with Crippen LogP contribution in [0.3, 0.4) is 0 Å². The van der Waals surface area contributed by atoms with E-state index >= 15 is 0 Å². The van der Waals surface area contributed by atoms with Gasteiger partial charge in [0.1, 0.15) is 5.82 Å². The van der Waals surface area contributed by atoms with Crippen LogP contribution < -0.4 is 0 Å². The predicted octanol–water partition coefficient (Wildman–Crippen LogP) is 3.63. The number of nitrogens with zero attached hydrogens (tertiary/aromatic N) is 4. The summed E-state index contributed by atoms with van der Waals surface area (Å²) in [6.45, 7) is 2.01. The van der Waals surface area contributed by atoms with Crippen molar-refractivity contribution in [1.82, 2.24) is 19.7 Å².